The molecule has 1 aliphatic rings. The number of β-amino-alcohol motifs (C(OH)–C–C–N with tert-alkyl or cyclic N) is 1. The van der Waals surface area contributed by atoms with Crippen LogP contribution in [0.1, 0.15) is 0 Å². The van der Waals surface area contributed by atoms with Gasteiger partial charge in [0.15, 0.2) is 11.6 Å². The number of pyridine rings is 1. The minimum absolute atomic E-state index is 0.327. The standard InChI is InChI=1S/C8H9FN2O/c9-7-2-1-3-10-8(7)11-4-6(12)5-11/h1-3,6,12H,4-5H2. The van der Waals surface area contributed by atoms with Crippen LogP contribution in [-0.4, -0.2) is 29.3 Å². The predicted molar refractivity (Wildman–Crippen MR) is 42.4 cm³/mol. The van der Waals surface area contributed by atoms with Crippen molar-refractivity contribution in [2.24, 2.45) is 0 Å². The molecule has 1 fully saturated rings. The Hall–Kier alpha value is -1.16. The van der Waals surface area contributed by atoms with Gasteiger partial charge in [0, 0.05) is 19.3 Å². The lowest BCUT2D eigenvalue weighted by atomic mass is 10.2. The van der Waals surface area contributed by atoms with E-state index < -0.39 is 0 Å². The molecule has 12 heavy (non-hydrogen) atoms. The molecule has 0 bridgehead atoms. The normalized spacial score (nSPS) is 17.7. The van der Waals surface area contributed by atoms with Crippen molar-refractivity contribution in [2.45, 2.75) is 6.10 Å². The van der Waals surface area contributed by atoms with Gasteiger partial charge in [0.1, 0.15) is 0 Å². The highest BCUT2D eigenvalue weighted by atomic mass is 19.1. The number of aromatic nitrogens is 1. The Morgan fingerprint density at radius 3 is 2.92 bits per heavy atom. The van der Waals surface area contributed by atoms with Crippen molar-refractivity contribution in [3.8, 4) is 0 Å². The van der Waals surface area contributed by atoms with Gasteiger partial charge in [-0.3, -0.25) is 0 Å². The van der Waals surface area contributed by atoms with Crippen LogP contribution in [0.3, 0.4) is 0 Å². The summed E-state index contributed by atoms with van der Waals surface area (Å²) in [6, 6.07) is 2.92. The molecular weight excluding hydrogens is 159 g/mol. The zero-order valence-electron chi connectivity index (χ0n) is 6.44. The van der Waals surface area contributed by atoms with E-state index in [-0.39, 0.29) is 11.9 Å². The fourth-order valence-corrected chi connectivity index (χ4v) is 1.24. The van der Waals surface area contributed by atoms with Crippen LogP contribution in [0.25, 0.3) is 0 Å². The van der Waals surface area contributed by atoms with Gasteiger partial charge >= 0.3 is 0 Å². The number of hydrogen-bond donors (Lipinski definition) is 1. The first-order valence-electron chi connectivity index (χ1n) is 3.81. The van der Waals surface area contributed by atoms with Crippen molar-refractivity contribution in [1.82, 2.24) is 4.98 Å². The second-order valence-corrected chi connectivity index (χ2v) is 2.87. The maximum atomic E-state index is 13.0. The third-order valence-corrected chi connectivity index (χ3v) is 1.90. The number of aliphatic hydroxyl groups excluding tert-OH is 1. The topological polar surface area (TPSA) is 36.4 Å². The summed E-state index contributed by atoms with van der Waals surface area (Å²) < 4.78 is 13.0. The molecular formula is C8H9FN2O. The van der Waals surface area contributed by atoms with Crippen molar-refractivity contribution in [1.29, 1.82) is 0 Å². The van der Waals surface area contributed by atoms with E-state index in [2.05, 4.69) is 4.98 Å². The summed E-state index contributed by atoms with van der Waals surface area (Å²) in [6.07, 6.45) is 1.22. The summed E-state index contributed by atoms with van der Waals surface area (Å²) in [5, 5.41) is 8.98. The van der Waals surface area contributed by atoms with Crippen LogP contribution < -0.4 is 4.90 Å². The SMILES string of the molecule is OC1CN(c2ncccc2F)C1. The van der Waals surface area contributed by atoms with Crippen molar-refractivity contribution >= 4 is 5.82 Å². The molecule has 2 rings (SSSR count). The lowest BCUT2D eigenvalue weighted by Crippen LogP contribution is -2.51. The zero-order chi connectivity index (χ0) is 8.55. The van der Waals surface area contributed by atoms with E-state index >= 15 is 0 Å². The van der Waals surface area contributed by atoms with Crippen LogP contribution in [0.4, 0.5) is 10.2 Å². The first-order chi connectivity index (χ1) is 5.77. The Morgan fingerprint density at radius 1 is 1.58 bits per heavy atom. The van der Waals surface area contributed by atoms with Crippen molar-refractivity contribution in [2.75, 3.05) is 18.0 Å². The molecule has 0 radical (unpaired) electrons. The third kappa shape index (κ3) is 1.14. The Bertz CT molecular complexity index is 286. The summed E-state index contributed by atoms with van der Waals surface area (Å²) in [5.74, 6) is 0.00667. The largest absolute Gasteiger partial charge is 0.389 e. The second kappa shape index (κ2) is 2.71. The summed E-state index contributed by atoms with van der Waals surface area (Å²) in [7, 11) is 0. The lowest BCUT2D eigenvalue weighted by molar-refractivity contribution is 0.140. The molecule has 1 aliphatic heterocycles. The Balaban J connectivity index is 2.18. The molecule has 1 aromatic rings. The molecule has 1 aromatic heterocycles. The molecule has 4 heteroatoms. The Labute approximate surface area is 69.5 Å². The molecule has 0 unspecified atom stereocenters. The van der Waals surface area contributed by atoms with Crippen molar-refractivity contribution < 1.29 is 9.50 Å². The summed E-state index contributed by atoms with van der Waals surface area (Å²) in [6.45, 7) is 0.960. The summed E-state index contributed by atoms with van der Waals surface area (Å²) in [5.41, 5.74) is 0. The van der Waals surface area contributed by atoms with Gasteiger partial charge in [-0.25, -0.2) is 9.37 Å². The van der Waals surface area contributed by atoms with Crippen LogP contribution in [0.5, 0.6) is 0 Å². The van der Waals surface area contributed by atoms with Crippen LogP contribution in [0, 0.1) is 5.82 Å². The number of aliphatic hydroxyl groups is 1. The molecule has 3 nitrogen and oxygen atoms in total. The lowest BCUT2D eigenvalue weighted by Gasteiger charge is -2.36. The maximum Gasteiger partial charge on any atom is 0.165 e. The first kappa shape index (κ1) is 7.49. The molecule has 0 amide bonds. The predicted octanol–water partition coefficient (Wildman–Crippen LogP) is 0.402. The minimum atomic E-state index is -0.329. The Morgan fingerprint density at radius 2 is 2.33 bits per heavy atom. The van der Waals surface area contributed by atoms with E-state index in [1.165, 1.54) is 6.07 Å². The molecule has 0 spiro atoms. The van der Waals surface area contributed by atoms with Gasteiger partial charge in [0.2, 0.25) is 0 Å². The molecule has 0 atom stereocenters. The van der Waals surface area contributed by atoms with Crippen LogP contribution >= 0.6 is 0 Å². The monoisotopic (exact) mass is 168 g/mol. The van der Waals surface area contributed by atoms with Gasteiger partial charge in [-0.05, 0) is 12.1 Å². The first-order valence-corrected chi connectivity index (χ1v) is 3.81. The molecule has 1 N–H and O–H groups in total. The van der Waals surface area contributed by atoms with E-state index in [0.29, 0.717) is 18.9 Å². The van der Waals surface area contributed by atoms with Gasteiger partial charge in [-0.15, -0.1) is 0 Å². The van der Waals surface area contributed by atoms with Crippen LogP contribution in [-0.2, 0) is 0 Å². The third-order valence-electron chi connectivity index (χ3n) is 1.90. The molecule has 2 heterocycles. The Kier molecular flexibility index (Phi) is 1.69. The molecule has 0 aliphatic carbocycles. The molecule has 1 saturated heterocycles. The summed E-state index contributed by atoms with van der Waals surface area (Å²) in [4.78, 5) is 5.58. The van der Waals surface area contributed by atoms with Gasteiger partial charge in [-0.1, -0.05) is 0 Å². The molecule has 0 aromatic carbocycles. The highest BCUT2D eigenvalue weighted by Crippen LogP contribution is 2.20. The van der Waals surface area contributed by atoms with E-state index in [0.717, 1.165) is 0 Å². The number of halogens is 1. The summed E-state index contributed by atoms with van der Waals surface area (Å²) >= 11 is 0. The van der Waals surface area contributed by atoms with E-state index in [1.54, 1.807) is 17.2 Å². The van der Waals surface area contributed by atoms with Gasteiger partial charge in [-0.2, -0.15) is 0 Å². The number of hydrogen-bond acceptors (Lipinski definition) is 3. The van der Waals surface area contributed by atoms with Gasteiger partial charge in [0.25, 0.3) is 0 Å². The van der Waals surface area contributed by atoms with Crippen LogP contribution in [0.15, 0.2) is 18.3 Å². The smallest absolute Gasteiger partial charge is 0.165 e. The number of anilines is 1. The van der Waals surface area contributed by atoms with Gasteiger partial charge < -0.3 is 10.0 Å². The quantitative estimate of drug-likeness (QED) is 0.659. The fourth-order valence-electron chi connectivity index (χ4n) is 1.24. The fraction of sp³-hybridized carbons (Fsp3) is 0.375. The second-order valence-electron chi connectivity index (χ2n) is 2.87. The van der Waals surface area contributed by atoms with E-state index in [9.17, 15) is 4.39 Å². The van der Waals surface area contributed by atoms with Crippen molar-refractivity contribution in [3.05, 3.63) is 24.1 Å². The highest BCUT2D eigenvalue weighted by Gasteiger charge is 2.27. The van der Waals surface area contributed by atoms with E-state index in [1.807, 2.05) is 0 Å². The minimum Gasteiger partial charge on any atom is -0.389 e. The van der Waals surface area contributed by atoms with Gasteiger partial charge in [0.05, 0.1) is 6.10 Å². The number of nitrogens with zero attached hydrogens (tertiary/aromatic N) is 2. The average Bonchev–Trinajstić information content (AvgIpc) is 2.01. The zero-order valence-corrected chi connectivity index (χ0v) is 6.44. The average molecular weight is 168 g/mol. The number of rotatable bonds is 1. The molecule has 64 valence electrons. The molecule has 0 saturated carbocycles. The van der Waals surface area contributed by atoms with E-state index in [4.69, 9.17) is 5.11 Å². The maximum absolute atomic E-state index is 13.0. The highest BCUT2D eigenvalue weighted by molar-refractivity contribution is 5.42. The van der Waals surface area contributed by atoms with Crippen molar-refractivity contribution in [3.63, 3.8) is 0 Å². The van der Waals surface area contributed by atoms with Crippen LogP contribution in [0.2, 0.25) is 0 Å².